The summed E-state index contributed by atoms with van der Waals surface area (Å²) in [6.07, 6.45) is -1.31. The minimum atomic E-state index is -1.29. The summed E-state index contributed by atoms with van der Waals surface area (Å²) in [6, 6.07) is -1.12. The van der Waals surface area contributed by atoms with Crippen LogP contribution < -0.4 is 0 Å². The molecule has 1 saturated heterocycles. The summed E-state index contributed by atoms with van der Waals surface area (Å²) in [5.41, 5.74) is 0. The summed E-state index contributed by atoms with van der Waals surface area (Å²) in [5, 5.41) is 17.6. The molecule has 0 aromatic rings. The molecule has 2 N–H and O–H groups in total. The van der Waals surface area contributed by atoms with Crippen LogP contribution in [0.3, 0.4) is 0 Å². The summed E-state index contributed by atoms with van der Waals surface area (Å²) in [6.45, 7) is -0.105. The van der Waals surface area contributed by atoms with Crippen molar-refractivity contribution in [3.8, 4) is 0 Å². The normalized spacial score (nSPS) is 24.1. The molecule has 1 amide bonds. The Morgan fingerprint density at radius 2 is 1.87 bits per heavy atom. The molecule has 7 heteroatoms. The highest BCUT2D eigenvalue weighted by Gasteiger charge is 2.50. The molecule has 0 bridgehead atoms. The maximum absolute atomic E-state index is 10.8. The van der Waals surface area contributed by atoms with Crippen molar-refractivity contribution in [3.63, 3.8) is 0 Å². The summed E-state index contributed by atoms with van der Waals surface area (Å²) >= 11 is 0. The number of nitrogens with zero attached hydrogens (tertiary/aromatic N) is 1. The molecule has 0 aliphatic carbocycles. The van der Waals surface area contributed by atoms with Crippen molar-refractivity contribution in [1.82, 2.24) is 4.90 Å². The van der Waals surface area contributed by atoms with Gasteiger partial charge in [-0.15, -0.1) is 0 Å². The smallest absolute Gasteiger partial charge is 0.408 e. The number of likely N-dealkylation sites (tertiary alicyclic amines) is 1. The number of rotatable bonds is 3. The standard InChI is InChI=1S/C8H13NO6/c1-14-8(15-2)3-5(6(10)11)9(4-8)7(12)13/h5H,3-4H2,1-2H3,(H,10,11)(H,12,13)/t5-/m0/s1. The lowest BCUT2D eigenvalue weighted by Gasteiger charge is -2.24. The van der Waals surface area contributed by atoms with Crippen LogP contribution in [0.2, 0.25) is 0 Å². The molecule has 1 atom stereocenters. The molecule has 1 fully saturated rings. The van der Waals surface area contributed by atoms with E-state index in [9.17, 15) is 9.59 Å². The van der Waals surface area contributed by atoms with Gasteiger partial charge in [0, 0.05) is 20.6 Å². The van der Waals surface area contributed by atoms with Gasteiger partial charge >= 0.3 is 12.1 Å². The van der Waals surface area contributed by atoms with Crippen molar-refractivity contribution in [1.29, 1.82) is 0 Å². The van der Waals surface area contributed by atoms with Gasteiger partial charge in [0.15, 0.2) is 5.79 Å². The van der Waals surface area contributed by atoms with Crippen LogP contribution >= 0.6 is 0 Å². The Morgan fingerprint density at radius 3 is 2.13 bits per heavy atom. The fourth-order valence-corrected chi connectivity index (χ4v) is 1.64. The Labute approximate surface area is 86.2 Å². The molecule has 1 aliphatic rings. The Hall–Kier alpha value is -1.34. The summed E-state index contributed by atoms with van der Waals surface area (Å²) in [5.74, 6) is -2.35. The zero-order valence-corrected chi connectivity index (χ0v) is 8.47. The molecule has 0 radical (unpaired) electrons. The van der Waals surface area contributed by atoms with Gasteiger partial charge in [0.2, 0.25) is 0 Å². The lowest BCUT2D eigenvalue weighted by atomic mass is 10.1. The van der Waals surface area contributed by atoms with Crippen LogP contribution in [0.1, 0.15) is 6.42 Å². The highest BCUT2D eigenvalue weighted by molar-refractivity contribution is 5.80. The summed E-state index contributed by atoms with van der Waals surface area (Å²) in [4.78, 5) is 22.4. The zero-order valence-electron chi connectivity index (χ0n) is 8.47. The second kappa shape index (κ2) is 4.03. The molecular weight excluding hydrogens is 206 g/mol. The average Bonchev–Trinajstić information content (AvgIpc) is 2.58. The van der Waals surface area contributed by atoms with Crippen molar-refractivity contribution in [2.45, 2.75) is 18.2 Å². The molecular formula is C8H13NO6. The molecule has 1 aliphatic heterocycles. The fourth-order valence-electron chi connectivity index (χ4n) is 1.64. The Morgan fingerprint density at radius 1 is 1.33 bits per heavy atom. The van der Waals surface area contributed by atoms with Gasteiger partial charge in [-0.2, -0.15) is 0 Å². The van der Waals surface area contributed by atoms with Gasteiger partial charge in [-0.25, -0.2) is 9.59 Å². The summed E-state index contributed by atoms with van der Waals surface area (Å²) < 4.78 is 10.0. The number of hydrogen-bond acceptors (Lipinski definition) is 4. The minimum Gasteiger partial charge on any atom is -0.480 e. The number of carboxylic acid groups (broad SMARTS) is 2. The largest absolute Gasteiger partial charge is 0.480 e. The topological polar surface area (TPSA) is 96.3 Å². The molecule has 0 unspecified atom stereocenters. The third kappa shape index (κ3) is 2.02. The molecule has 0 spiro atoms. The van der Waals surface area contributed by atoms with Crippen LogP contribution in [0, 0.1) is 0 Å². The first-order chi connectivity index (χ1) is 6.95. The predicted molar refractivity (Wildman–Crippen MR) is 47.5 cm³/mol. The molecule has 7 nitrogen and oxygen atoms in total. The maximum atomic E-state index is 10.8. The number of carboxylic acids is 1. The molecule has 0 aromatic carbocycles. The second-order valence-electron chi connectivity index (χ2n) is 3.29. The van der Waals surface area contributed by atoms with Gasteiger partial charge in [0.25, 0.3) is 0 Å². The van der Waals surface area contributed by atoms with Crippen LogP contribution in [-0.2, 0) is 14.3 Å². The van der Waals surface area contributed by atoms with E-state index in [1.165, 1.54) is 14.2 Å². The molecule has 0 saturated carbocycles. The highest BCUT2D eigenvalue weighted by Crippen LogP contribution is 2.30. The Balaban J connectivity index is 2.90. The van der Waals surface area contributed by atoms with E-state index in [0.29, 0.717) is 0 Å². The van der Waals surface area contributed by atoms with Gasteiger partial charge in [-0.05, 0) is 0 Å². The molecule has 1 rings (SSSR count). The SMILES string of the molecule is COC1(OC)C[C@@H](C(=O)O)N(C(=O)O)C1. The monoisotopic (exact) mass is 219 g/mol. The van der Waals surface area contributed by atoms with E-state index < -0.39 is 23.9 Å². The lowest BCUT2D eigenvalue weighted by molar-refractivity contribution is -0.195. The highest BCUT2D eigenvalue weighted by atomic mass is 16.7. The fraction of sp³-hybridized carbons (Fsp3) is 0.750. The number of amides is 1. The van der Waals surface area contributed by atoms with Crippen molar-refractivity contribution in [2.75, 3.05) is 20.8 Å². The second-order valence-corrected chi connectivity index (χ2v) is 3.29. The third-order valence-electron chi connectivity index (χ3n) is 2.57. The van der Waals surface area contributed by atoms with Crippen LogP contribution in [0.5, 0.6) is 0 Å². The first-order valence-corrected chi connectivity index (χ1v) is 4.28. The van der Waals surface area contributed by atoms with Crippen LogP contribution in [0.15, 0.2) is 0 Å². The lowest BCUT2D eigenvalue weighted by Crippen LogP contribution is -2.41. The number of hydrogen-bond donors (Lipinski definition) is 2. The Bertz CT molecular complexity index is 250. The first kappa shape index (κ1) is 11.7. The number of ether oxygens (including phenoxy) is 2. The zero-order chi connectivity index (χ0) is 11.6. The first-order valence-electron chi connectivity index (χ1n) is 4.28. The molecule has 1 heterocycles. The molecule has 15 heavy (non-hydrogen) atoms. The maximum Gasteiger partial charge on any atom is 0.408 e. The van der Waals surface area contributed by atoms with Crippen LogP contribution in [-0.4, -0.2) is 59.8 Å². The van der Waals surface area contributed by atoms with Crippen LogP contribution in [0.4, 0.5) is 4.79 Å². The van der Waals surface area contributed by atoms with Crippen molar-refractivity contribution in [3.05, 3.63) is 0 Å². The third-order valence-corrected chi connectivity index (χ3v) is 2.57. The molecule has 0 aromatic heterocycles. The molecule has 86 valence electrons. The number of aliphatic carboxylic acids is 1. The van der Waals surface area contributed by atoms with Crippen LogP contribution in [0.25, 0.3) is 0 Å². The van der Waals surface area contributed by atoms with E-state index in [1.54, 1.807) is 0 Å². The van der Waals surface area contributed by atoms with E-state index in [2.05, 4.69) is 0 Å². The Kier molecular flexibility index (Phi) is 3.15. The van der Waals surface area contributed by atoms with Crippen molar-refractivity contribution in [2.24, 2.45) is 0 Å². The number of carbonyl (C=O) groups is 2. The average molecular weight is 219 g/mol. The summed E-state index contributed by atoms with van der Waals surface area (Å²) in [7, 11) is 2.71. The van der Waals surface area contributed by atoms with E-state index in [1.807, 2.05) is 0 Å². The van der Waals surface area contributed by atoms with Crippen molar-refractivity contribution < 1.29 is 29.3 Å². The van der Waals surface area contributed by atoms with Crippen molar-refractivity contribution >= 4 is 12.1 Å². The van der Waals surface area contributed by atoms with Gasteiger partial charge in [0.1, 0.15) is 6.04 Å². The van der Waals surface area contributed by atoms with E-state index in [4.69, 9.17) is 19.7 Å². The van der Waals surface area contributed by atoms with Gasteiger partial charge in [-0.1, -0.05) is 0 Å². The predicted octanol–water partition coefficient (Wildman–Crippen LogP) is -0.188. The quantitative estimate of drug-likeness (QED) is 0.639. The van der Waals surface area contributed by atoms with E-state index in [-0.39, 0.29) is 13.0 Å². The number of methoxy groups -OCH3 is 2. The minimum absolute atomic E-state index is 0.0123. The van der Waals surface area contributed by atoms with E-state index >= 15 is 0 Å². The van der Waals surface area contributed by atoms with Gasteiger partial charge in [-0.3, -0.25) is 4.90 Å². The van der Waals surface area contributed by atoms with Gasteiger partial charge < -0.3 is 19.7 Å². The van der Waals surface area contributed by atoms with Gasteiger partial charge in [0.05, 0.1) is 6.54 Å². The van der Waals surface area contributed by atoms with E-state index in [0.717, 1.165) is 4.90 Å².